The van der Waals surface area contributed by atoms with Crippen molar-refractivity contribution in [2.24, 2.45) is 0 Å². The Morgan fingerprint density at radius 1 is 1.50 bits per heavy atom. The SMILES string of the molecule is Nc1cccc(-c2csc(CC(=O)O)n2)c1. The van der Waals surface area contributed by atoms with Crippen LogP contribution < -0.4 is 5.73 Å². The molecule has 0 atom stereocenters. The van der Waals surface area contributed by atoms with Gasteiger partial charge in [0, 0.05) is 16.6 Å². The molecule has 0 aliphatic heterocycles. The topological polar surface area (TPSA) is 76.2 Å². The van der Waals surface area contributed by atoms with Gasteiger partial charge in [0.2, 0.25) is 0 Å². The number of nitrogens with two attached hydrogens (primary N) is 1. The van der Waals surface area contributed by atoms with Gasteiger partial charge >= 0.3 is 5.97 Å². The number of aromatic nitrogens is 1. The first-order valence-corrected chi connectivity index (χ1v) is 5.55. The number of hydrogen-bond acceptors (Lipinski definition) is 4. The van der Waals surface area contributed by atoms with E-state index in [0.29, 0.717) is 10.7 Å². The number of aliphatic carboxylic acids is 1. The van der Waals surface area contributed by atoms with Crippen molar-refractivity contribution in [2.45, 2.75) is 6.42 Å². The van der Waals surface area contributed by atoms with Crippen molar-refractivity contribution in [3.8, 4) is 11.3 Å². The van der Waals surface area contributed by atoms with Crippen molar-refractivity contribution in [1.82, 2.24) is 4.98 Å². The average Bonchev–Trinajstić information content (AvgIpc) is 2.65. The summed E-state index contributed by atoms with van der Waals surface area (Å²) < 4.78 is 0. The Balaban J connectivity index is 2.28. The zero-order valence-electron chi connectivity index (χ0n) is 8.38. The van der Waals surface area contributed by atoms with Gasteiger partial charge in [-0.1, -0.05) is 12.1 Å². The molecule has 82 valence electrons. The van der Waals surface area contributed by atoms with Crippen molar-refractivity contribution in [3.63, 3.8) is 0 Å². The number of thiazole rings is 1. The van der Waals surface area contributed by atoms with Crippen LogP contribution in [0.5, 0.6) is 0 Å². The van der Waals surface area contributed by atoms with Crippen molar-refractivity contribution in [3.05, 3.63) is 34.7 Å². The van der Waals surface area contributed by atoms with E-state index in [0.717, 1.165) is 11.3 Å². The number of rotatable bonds is 3. The van der Waals surface area contributed by atoms with Crippen molar-refractivity contribution < 1.29 is 9.90 Å². The second-order valence-corrected chi connectivity index (χ2v) is 4.27. The summed E-state index contributed by atoms with van der Waals surface area (Å²) in [5.74, 6) is -0.867. The molecule has 3 N–H and O–H groups in total. The standard InChI is InChI=1S/C11H10N2O2S/c12-8-3-1-2-7(4-8)9-6-16-10(13-9)5-11(14)15/h1-4,6H,5,12H2,(H,14,15). The lowest BCUT2D eigenvalue weighted by Gasteiger charge is -1.97. The third-order valence-electron chi connectivity index (χ3n) is 2.04. The Hall–Kier alpha value is -1.88. The van der Waals surface area contributed by atoms with Gasteiger partial charge in [0.1, 0.15) is 5.01 Å². The summed E-state index contributed by atoms with van der Waals surface area (Å²) in [4.78, 5) is 14.8. The van der Waals surface area contributed by atoms with E-state index in [1.54, 1.807) is 6.07 Å². The first-order chi connectivity index (χ1) is 7.65. The number of carbonyl (C=O) groups is 1. The third kappa shape index (κ3) is 2.38. The zero-order valence-corrected chi connectivity index (χ0v) is 9.20. The normalized spacial score (nSPS) is 10.2. The number of carboxylic acids is 1. The molecule has 0 unspecified atom stereocenters. The molecule has 0 spiro atoms. The van der Waals surface area contributed by atoms with Crippen LogP contribution in [0.2, 0.25) is 0 Å². The molecular formula is C11H10N2O2S. The number of hydrogen-bond donors (Lipinski definition) is 2. The van der Waals surface area contributed by atoms with Gasteiger partial charge in [-0.05, 0) is 12.1 Å². The highest BCUT2D eigenvalue weighted by atomic mass is 32.1. The smallest absolute Gasteiger partial charge is 0.310 e. The predicted octanol–water partition coefficient (Wildman–Crippen LogP) is 2.02. The van der Waals surface area contributed by atoms with E-state index >= 15 is 0 Å². The zero-order chi connectivity index (χ0) is 11.5. The molecule has 16 heavy (non-hydrogen) atoms. The predicted molar refractivity (Wildman–Crippen MR) is 63.3 cm³/mol. The fourth-order valence-corrected chi connectivity index (χ4v) is 2.15. The largest absolute Gasteiger partial charge is 0.481 e. The Morgan fingerprint density at radius 2 is 2.31 bits per heavy atom. The Kier molecular flexibility index (Phi) is 2.87. The van der Waals surface area contributed by atoms with Crippen molar-refractivity contribution in [1.29, 1.82) is 0 Å². The lowest BCUT2D eigenvalue weighted by Crippen LogP contribution is -1.99. The van der Waals surface area contributed by atoms with Crippen LogP contribution in [0.25, 0.3) is 11.3 Å². The molecule has 0 bridgehead atoms. The molecule has 0 aliphatic carbocycles. The second-order valence-electron chi connectivity index (χ2n) is 3.32. The molecule has 4 nitrogen and oxygen atoms in total. The highest BCUT2D eigenvalue weighted by Crippen LogP contribution is 2.23. The third-order valence-corrected chi connectivity index (χ3v) is 2.89. The van der Waals surface area contributed by atoms with Gasteiger partial charge in [-0.15, -0.1) is 11.3 Å². The fraction of sp³-hybridized carbons (Fsp3) is 0.0909. The van der Waals surface area contributed by atoms with Crippen LogP contribution in [0, 0.1) is 0 Å². The van der Waals surface area contributed by atoms with Gasteiger partial charge < -0.3 is 10.8 Å². The number of anilines is 1. The van der Waals surface area contributed by atoms with Crippen LogP contribution in [0.1, 0.15) is 5.01 Å². The van der Waals surface area contributed by atoms with E-state index in [1.165, 1.54) is 11.3 Å². The molecule has 0 fully saturated rings. The minimum atomic E-state index is -0.867. The maximum Gasteiger partial charge on any atom is 0.310 e. The summed E-state index contributed by atoms with van der Waals surface area (Å²) in [6.45, 7) is 0. The number of nitrogens with zero attached hydrogens (tertiary/aromatic N) is 1. The summed E-state index contributed by atoms with van der Waals surface area (Å²) in [5, 5.41) is 11.1. The summed E-state index contributed by atoms with van der Waals surface area (Å²) in [5.41, 5.74) is 8.02. The van der Waals surface area contributed by atoms with E-state index in [9.17, 15) is 4.79 Å². The lowest BCUT2D eigenvalue weighted by atomic mass is 10.1. The van der Waals surface area contributed by atoms with Crippen LogP contribution >= 0.6 is 11.3 Å². The maximum atomic E-state index is 10.5. The maximum absolute atomic E-state index is 10.5. The first-order valence-electron chi connectivity index (χ1n) is 4.67. The molecular weight excluding hydrogens is 224 g/mol. The van der Waals surface area contributed by atoms with Gasteiger partial charge in [-0.25, -0.2) is 4.98 Å². The molecule has 1 heterocycles. The highest BCUT2D eigenvalue weighted by molar-refractivity contribution is 7.10. The first kappa shape index (κ1) is 10.6. The molecule has 5 heteroatoms. The summed E-state index contributed by atoms with van der Waals surface area (Å²) in [6.07, 6.45) is -0.0347. The monoisotopic (exact) mass is 234 g/mol. The lowest BCUT2D eigenvalue weighted by molar-refractivity contribution is -0.136. The quantitative estimate of drug-likeness (QED) is 0.796. The molecule has 0 saturated carbocycles. The number of benzene rings is 1. The number of carboxylic acid groups (broad SMARTS) is 1. The van der Waals surface area contributed by atoms with E-state index in [-0.39, 0.29) is 6.42 Å². The van der Waals surface area contributed by atoms with Gasteiger partial charge in [0.15, 0.2) is 0 Å². The van der Waals surface area contributed by atoms with Crippen LogP contribution in [0.4, 0.5) is 5.69 Å². The van der Waals surface area contributed by atoms with E-state index < -0.39 is 5.97 Å². The van der Waals surface area contributed by atoms with E-state index in [1.807, 2.05) is 23.6 Å². The molecule has 1 aromatic carbocycles. The molecule has 0 saturated heterocycles. The van der Waals surface area contributed by atoms with Crippen LogP contribution in [0.15, 0.2) is 29.6 Å². The van der Waals surface area contributed by atoms with E-state index in [2.05, 4.69) is 4.98 Å². The molecule has 1 aromatic heterocycles. The molecule has 0 radical (unpaired) electrons. The summed E-state index contributed by atoms with van der Waals surface area (Å²) >= 11 is 1.35. The minimum absolute atomic E-state index is 0.0347. The minimum Gasteiger partial charge on any atom is -0.481 e. The molecule has 2 aromatic rings. The Morgan fingerprint density at radius 3 is 3.00 bits per heavy atom. The van der Waals surface area contributed by atoms with Crippen molar-refractivity contribution in [2.75, 3.05) is 5.73 Å². The molecule has 2 rings (SSSR count). The van der Waals surface area contributed by atoms with Gasteiger partial charge in [0.25, 0.3) is 0 Å². The van der Waals surface area contributed by atoms with Crippen LogP contribution in [-0.2, 0) is 11.2 Å². The van der Waals surface area contributed by atoms with Gasteiger partial charge in [0.05, 0.1) is 12.1 Å². The summed E-state index contributed by atoms with van der Waals surface area (Å²) in [6, 6.07) is 7.37. The van der Waals surface area contributed by atoms with Gasteiger partial charge in [-0.2, -0.15) is 0 Å². The number of nitrogen functional groups attached to an aromatic ring is 1. The second kappa shape index (κ2) is 4.32. The molecule has 0 aliphatic rings. The Labute approximate surface area is 96.4 Å². The molecule has 0 amide bonds. The summed E-state index contributed by atoms with van der Waals surface area (Å²) in [7, 11) is 0. The highest BCUT2D eigenvalue weighted by Gasteiger charge is 2.07. The average molecular weight is 234 g/mol. The van der Waals surface area contributed by atoms with E-state index in [4.69, 9.17) is 10.8 Å². The van der Waals surface area contributed by atoms with Gasteiger partial charge in [-0.3, -0.25) is 4.79 Å². The van der Waals surface area contributed by atoms with Crippen molar-refractivity contribution >= 4 is 23.0 Å². The van der Waals surface area contributed by atoms with Crippen LogP contribution in [0.3, 0.4) is 0 Å². The Bertz CT molecular complexity index is 522. The van der Waals surface area contributed by atoms with Crippen LogP contribution in [-0.4, -0.2) is 16.1 Å². The fourth-order valence-electron chi connectivity index (χ4n) is 1.35.